The highest BCUT2D eigenvalue weighted by atomic mass is 28.4. The SMILES string of the molecule is CC[Si](OCC(C)C)(OCC(C)C)OC(F)(OC)C(C)(F)CF. The molecule has 0 aromatic rings. The third-order valence-corrected chi connectivity index (χ3v) is 5.78. The molecule has 0 aromatic heterocycles. The zero-order valence-corrected chi connectivity index (χ0v) is 16.3. The van der Waals surface area contributed by atoms with Crippen LogP contribution in [0.1, 0.15) is 41.5 Å². The number of ether oxygens (including phenoxy) is 1. The molecule has 23 heavy (non-hydrogen) atoms. The quantitative estimate of drug-likeness (QED) is 0.385. The molecule has 0 aliphatic heterocycles. The van der Waals surface area contributed by atoms with Crippen molar-refractivity contribution in [1.29, 1.82) is 0 Å². The molecule has 0 aromatic carbocycles. The summed E-state index contributed by atoms with van der Waals surface area (Å²) in [7, 11) is -2.66. The van der Waals surface area contributed by atoms with E-state index in [2.05, 4.69) is 4.74 Å². The van der Waals surface area contributed by atoms with Crippen LogP contribution < -0.4 is 0 Å². The second-order valence-corrected chi connectivity index (χ2v) is 9.47. The van der Waals surface area contributed by atoms with Crippen molar-refractivity contribution in [3.8, 4) is 0 Å². The van der Waals surface area contributed by atoms with Crippen molar-refractivity contribution in [3.05, 3.63) is 0 Å². The molecule has 0 spiro atoms. The summed E-state index contributed by atoms with van der Waals surface area (Å²) in [6.45, 7) is 9.03. The van der Waals surface area contributed by atoms with Gasteiger partial charge in [-0.3, -0.25) is 0 Å². The van der Waals surface area contributed by atoms with Gasteiger partial charge in [0.15, 0.2) is 0 Å². The molecule has 0 fully saturated rings. The van der Waals surface area contributed by atoms with Crippen LogP contribution in [0, 0.1) is 11.8 Å². The molecule has 0 aliphatic rings. The van der Waals surface area contributed by atoms with Gasteiger partial charge >= 0.3 is 14.8 Å². The minimum Gasteiger partial charge on any atom is -0.373 e. The average molecular weight is 360 g/mol. The Morgan fingerprint density at radius 3 is 1.70 bits per heavy atom. The Balaban J connectivity index is 5.45. The lowest BCUT2D eigenvalue weighted by Gasteiger charge is -2.40. The molecule has 0 aliphatic carbocycles. The summed E-state index contributed by atoms with van der Waals surface area (Å²) >= 11 is 0. The number of halogens is 3. The summed E-state index contributed by atoms with van der Waals surface area (Å²) in [6, 6.07) is -3.07. The van der Waals surface area contributed by atoms with E-state index in [1.807, 2.05) is 27.7 Å². The van der Waals surface area contributed by atoms with E-state index in [0.717, 1.165) is 14.0 Å². The van der Waals surface area contributed by atoms with Gasteiger partial charge in [0, 0.05) is 26.4 Å². The summed E-state index contributed by atoms with van der Waals surface area (Å²) in [5.74, 6) is 0.295. The fourth-order valence-corrected chi connectivity index (χ4v) is 4.23. The topological polar surface area (TPSA) is 36.9 Å². The maximum absolute atomic E-state index is 14.8. The third kappa shape index (κ3) is 6.70. The Morgan fingerprint density at radius 1 is 1.00 bits per heavy atom. The molecule has 0 amide bonds. The Hall–Kier alpha value is -0.153. The molecule has 0 saturated carbocycles. The van der Waals surface area contributed by atoms with Crippen molar-refractivity contribution in [2.45, 2.75) is 59.3 Å². The first-order valence-electron chi connectivity index (χ1n) is 7.94. The van der Waals surface area contributed by atoms with Crippen molar-refractivity contribution in [3.63, 3.8) is 0 Å². The Bertz CT molecular complexity index is 331. The summed E-state index contributed by atoms with van der Waals surface area (Å²) < 4.78 is 63.2. The molecule has 0 bridgehead atoms. The van der Waals surface area contributed by atoms with Gasteiger partial charge in [-0.2, -0.15) is 4.39 Å². The summed E-state index contributed by atoms with van der Waals surface area (Å²) in [5.41, 5.74) is -2.97. The van der Waals surface area contributed by atoms with E-state index in [0.29, 0.717) is 0 Å². The van der Waals surface area contributed by atoms with Crippen LogP contribution in [0.25, 0.3) is 0 Å². The second kappa shape index (κ2) is 9.36. The van der Waals surface area contributed by atoms with Gasteiger partial charge in [-0.15, -0.1) is 0 Å². The molecule has 8 heteroatoms. The zero-order chi connectivity index (χ0) is 18.3. The first-order chi connectivity index (χ1) is 10.5. The van der Waals surface area contributed by atoms with Crippen LogP contribution in [-0.4, -0.2) is 47.5 Å². The van der Waals surface area contributed by atoms with Crippen LogP contribution in [0.3, 0.4) is 0 Å². The highest BCUT2D eigenvalue weighted by molar-refractivity contribution is 6.60. The molecule has 0 radical (unpaired) electrons. The van der Waals surface area contributed by atoms with Gasteiger partial charge < -0.3 is 18.0 Å². The highest BCUT2D eigenvalue weighted by Gasteiger charge is 2.59. The molecule has 0 rings (SSSR count). The molecule has 0 heterocycles. The fourth-order valence-electron chi connectivity index (χ4n) is 1.60. The summed E-state index contributed by atoms with van der Waals surface area (Å²) in [4.78, 5) is 0. The lowest BCUT2D eigenvalue weighted by molar-refractivity contribution is -0.341. The predicted octanol–water partition coefficient (Wildman–Crippen LogP) is 4.27. The maximum Gasteiger partial charge on any atom is 0.504 e. The van der Waals surface area contributed by atoms with E-state index in [1.54, 1.807) is 6.92 Å². The second-order valence-electron chi connectivity index (χ2n) is 6.62. The largest absolute Gasteiger partial charge is 0.504 e. The number of hydrogen-bond donors (Lipinski definition) is 0. The molecule has 4 nitrogen and oxygen atoms in total. The van der Waals surface area contributed by atoms with Gasteiger partial charge in [-0.1, -0.05) is 34.6 Å². The van der Waals surface area contributed by atoms with Crippen LogP contribution in [0.4, 0.5) is 13.2 Å². The smallest absolute Gasteiger partial charge is 0.373 e. The standard InChI is InChI=1S/C15H31F3O4Si/c1-8-23(20-9-12(2)3,21-10-13(4)5)22-15(18,19-7)14(6,17)11-16/h12-13H,8-11H2,1-7H3. The first-order valence-corrected chi connectivity index (χ1v) is 9.87. The van der Waals surface area contributed by atoms with Crippen molar-refractivity contribution in [1.82, 2.24) is 0 Å². The number of methoxy groups -OCH3 is 1. The van der Waals surface area contributed by atoms with E-state index in [4.69, 9.17) is 13.3 Å². The van der Waals surface area contributed by atoms with Gasteiger partial charge in [-0.25, -0.2) is 8.78 Å². The van der Waals surface area contributed by atoms with E-state index in [-0.39, 0.29) is 31.1 Å². The van der Waals surface area contributed by atoms with Gasteiger partial charge in [0.05, 0.1) is 0 Å². The van der Waals surface area contributed by atoms with Gasteiger partial charge in [0.1, 0.15) is 6.67 Å². The number of alkyl halides is 3. The zero-order valence-electron chi connectivity index (χ0n) is 15.3. The highest BCUT2D eigenvalue weighted by Crippen LogP contribution is 2.37. The predicted molar refractivity (Wildman–Crippen MR) is 85.2 cm³/mol. The van der Waals surface area contributed by atoms with Crippen molar-refractivity contribution in [2.24, 2.45) is 11.8 Å². The van der Waals surface area contributed by atoms with Crippen LogP contribution >= 0.6 is 0 Å². The minimum atomic E-state index is -3.58. The molecule has 0 saturated heterocycles. The monoisotopic (exact) mass is 360 g/mol. The molecule has 140 valence electrons. The lowest BCUT2D eigenvalue weighted by Crippen LogP contribution is -2.60. The summed E-state index contributed by atoms with van der Waals surface area (Å²) in [5, 5.41) is 0. The molecule has 2 unspecified atom stereocenters. The Kier molecular flexibility index (Phi) is 9.30. The van der Waals surface area contributed by atoms with E-state index in [9.17, 15) is 13.2 Å². The van der Waals surface area contributed by atoms with Gasteiger partial charge in [-0.05, 0) is 18.8 Å². The Labute approximate surface area is 139 Å². The summed E-state index contributed by atoms with van der Waals surface area (Å²) in [6.07, 6.45) is 0. The van der Waals surface area contributed by atoms with E-state index < -0.39 is 27.2 Å². The van der Waals surface area contributed by atoms with Crippen LogP contribution in [0.15, 0.2) is 0 Å². The molecule has 0 N–H and O–H groups in total. The third-order valence-electron chi connectivity index (χ3n) is 3.13. The van der Waals surface area contributed by atoms with Crippen LogP contribution in [-0.2, 0) is 18.0 Å². The van der Waals surface area contributed by atoms with E-state index >= 15 is 0 Å². The normalized spacial score (nSPS) is 18.3. The van der Waals surface area contributed by atoms with Crippen LogP contribution in [0.2, 0.25) is 6.04 Å². The molecule has 2 atom stereocenters. The lowest BCUT2D eigenvalue weighted by atomic mass is 10.1. The van der Waals surface area contributed by atoms with Crippen molar-refractivity contribution < 1.29 is 31.2 Å². The molecular weight excluding hydrogens is 329 g/mol. The Morgan fingerprint density at radius 2 is 1.43 bits per heavy atom. The van der Waals surface area contributed by atoms with Gasteiger partial charge in [0.2, 0.25) is 5.67 Å². The maximum atomic E-state index is 14.8. The van der Waals surface area contributed by atoms with Gasteiger partial charge in [0.25, 0.3) is 0 Å². The van der Waals surface area contributed by atoms with Crippen molar-refractivity contribution in [2.75, 3.05) is 27.0 Å². The number of rotatable bonds is 12. The van der Waals surface area contributed by atoms with Crippen LogP contribution in [0.5, 0.6) is 0 Å². The number of hydrogen-bond acceptors (Lipinski definition) is 4. The molecular formula is C15H31F3O4Si. The van der Waals surface area contributed by atoms with E-state index in [1.165, 1.54) is 0 Å². The fraction of sp³-hybridized carbons (Fsp3) is 1.00. The minimum absolute atomic E-state index is 0.147. The first kappa shape index (κ1) is 22.8. The average Bonchev–Trinajstić information content (AvgIpc) is 2.49. The van der Waals surface area contributed by atoms with Crippen molar-refractivity contribution >= 4 is 8.80 Å².